The van der Waals surface area contributed by atoms with Crippen molar-refractivity contribution in [2.24, 2.45) is 5.92 Å². The third kappa shape index (κ3) is 3.52. The van der Waals surface area contributed by atoms with E-state index < -0.39 is 5.97 Å². The van der Waals surface area contributed by atoms with Gasteiger partial charge in [0, 0.05) is 17.8 Å². The summed E-state index contributed by atoms with van der Waals surface area (Å²) in [7, 11) is 0. The zero-order valence-corrected chi connectivity index (χ0v) is 16.7. The van der Waals surface area contributed by atoms with Crippen LogP contribution in [0.1, 0.15) is 53.5 Å². The smallest absolute Gasteiger partial charge is 0.340 e. The second kappa shape index (κ2) is 7.89. The van der Waals surface area contributed by atoms with Crippen LogP contribution in [0.15, 0.2) is 30.3 Å². The van der Waals surface area contributed by atoms with E-state index in [0.717, 1.165) is 11.1 Å². The first kappa shape index (κ1) is 19.7. The molecule has 3 rings (SSSR count). The zero-order chi connectivity index (χ0) is 20.4. The molecule has 0 unspecified atom stereocenters. The lowest BCUT2D eigenvalue weighted by Crippen LogP contribution is -2.10. The second-order valence-electron chi connectivity index (χ2n) is 7.27. The summed E-state index contributed by atoms with van der Waals surface area (Å²) in [6.45, 7) is 8.38. The van der Waals surface area contributed by atoms with Gasteiger partial charge >= 0.3 is 5.97 Å². The van der Waals surface area contributed by atoms with Gasteiger partial charge in [0.25, 0.3) is 0 Å². The van der Waals surface area contributed by atoms with E-state index in [1.54, 1.807) is 30.6 Å². The van der Waals surface area contributed by atoms with Crippen LogP contribution >= 0.6 is 0 Å². The number of carbonyl (C=O) groups excluding carboxylic acids is 2. The molecule has 0 amide bonds. The second-order valence-corrected chi connectivity index (χ2v) is 7.27. The molecule has 5 nitrogen and oxygen atoms in total. The van der Waals surface area contributed by atoms with Crippen LogP contribution in [0.3, 0.4) is 0 Å². The summed E-state index contributed by atoms with van der Waals surface area (Å²) in [6, 6.07) is 7.55. The first-order valence-electron chi connectivity index (χ1n) is 9.47. The van der Waals surface area contributed by atoms with Gasteiger partial charge in [-0.1, -0.05) is 44.2 Å². The van der Waals surface area contributed by atoms with Gasteiger partial charge in [0.15, 0.2) is 11.7 Å². The first-order valence-corrected chi connectivity index (χ1v) is 9.47. The third-order valence-corrected chi connectivity index (χ3v) is 4.78. The Morgan fingerprint density at radius 1 is 1.25 bits per heavy atom. The molecular weight excluding hydrogens is 354 g/mol. The van der Waals surface area contributed by atoms with Crippen LogP contribution in [0, 0.1) is 12.8 Å². The van der Waals surface area contributed by atoms with Crippen molar-refractivity contribution in [1.29, 1.82) is 0 Å². The van der Waals surface area contributed by atoms with E-state index in [2.05, 4.69) is 0 Å². The van der Waals surface area contributed by atoms with Crippen LogP contribution in [-0.4, -0.2) is 28.0 Å². The minimum Gasteiger partial charge on any atom is -0.494 e. The van der Waals surface area contributed by atoms with E-state index >= 15 is 0 Å². The molecule has 146 valence electrons. The fraction of sp³-hybridized carbons (Fsp3) is 0.304. The predicted molar refractivity (Wildman–Crippen MR) is 110 cm³/mol. The monoisotopic (exact) mass is 379 g/mol. The number of hydrogen-bond acceptors (Lipinski definition) is 4. The summed E-state index contributed by atoms with van der Waals surface area (Å²) in [5, 5.41) is 10.9. The molecule has 5 heteroatoms. The number of aromatic nitrogens is 1. The zero-order valence-electron chi connectivity index (χ0n) is 16.7. The summed E-state index contributed by atoms with van der Waals surface area (Å²) < 4.78 is 6.92. The van der Waals surface area contributed by atoms with Crippen LogP contribution in [0.2, 0.25) is 0 Å². The van der Waals surface area contributed by atoms with Crippen molar-refractivity contribution in [2.75, 3.05) is 6.61 Å². The van der Waals surface area contributed by atoms with Crippen molar-refractivity contribution in [3.8, 4) is 5.88 Å². The topological polar surface area (TPSA) is 68.5 Å². The molecule has 1 aromatic carbocycles. The fourth-order valence-electron chi connectivity index (χ4n) is 3.50. The Kier molecular flexibility index (Phi) is 5.54. The van der Waals surface area contributed by atoms with E-state index in [1.807, 2.05) is 38.1 Å². The summed E-state index contributed by atoms with van der Waals surface area (Å²) in [5.41, 5.74) is 3.39. The Bertz CT molecular complexity index is 992. The molecule has 1 N–H and O–H groups in total. The molecule has 1 heterocycles. The van der Waals surface area contributed by atoms with Crippen LogP contribution in [0.4, 0.5) is 0 Å². The van der Waals surface area contributed by atoms with Gasteiger partial charge in [0.05, 0.1) is 17.7 Å². The standard InChI is InChI=1S/C23H25NO4/c1-5-28-23(27)21-15(4)24(13-14(2)3)22(26)19(21)12-18-17-9-7-6-8-16(17)10-11-20(18)25/h6-12,14,26H,5,13H2,1-4H3. The molecule has 0 saturated heterocycles. The maximum atomic E-state index is 12.6. The summed E-state index contributed by atoms with van der Waals surface area (Å²) in [5.74, 6) is -0.423. The molecule has 0 fully saturated rings. The van der Waals surface area contributed by atoms with Gasteiger partial charge in [-0.3, -0.25) is 4.79 Å². The van der Waals surface area contributed by atoms with E-state index in [-0.39, 0.29) is 24.2 Å². The number of nitrogens with zero attached hydrogens (tertiary/aromatic N) is 1. The third-order valence-electron chi connectivity index (χ3n) is 4.78. The lowest BCUT2D eigenvalue weighted by atomic mass is 9.90. The Balaban J connectivity index is 2.23. The number of benzene rings is 1. The lowest BCUT2D eigenvalue weighted by molar-refractivity contribution is -0.109. The number of esters is 1. The lowest BCUT2D eigenvalue weighted by Gasteiger charge is -2.13. The van der Waals surface area contributed by atoms with Crippen LogP contribution in [-0.2, 0) is 16.1 Å². The molecule has 0 bridgehead atoms. The molecule has 28 heavy (non-hydrogen) atoms. The highest BCUT2D eigenvalue weighted by atomic mass is 16.5. The minimum absolute atomic E-state index is 0.0263. The number of fused-ring (bicyclic) bond motifs is 1. The Hall–Kier alpha value is -3.08. The molecule has 0 radical (unpaired) electrons. The molecule has 0 saturated carbocycles. The van der Waals surface area contributed by atoms with Crippen LogP contribution < -0.4 is 0 Å². The Labute approximate surface area is 164 Å². The number of ketones is 1. The van der Waals surface area contributed by atoms with Crippen molar-refractivity contribution in [3.05, 3.63) is 58.3 Å². The highest BCUT2D eigenvalue weighted by Gasteiger charge is 2.27. The molecule has 1 aliphatic carbocycles. The van der Waals surface area contributed by atoms with Crippen LogP contribution in [0.25, 0.3) is 17.7 Å². The van der Waals surface area contributed by atoms with E-state index in [0.29, 0.717) is 28.9 Å². The molecule has 1 aliphatic rings. The quantitative estimate of drug-likeness (QED) is 0.615. The van der Waals surface area contributed by atoms with Crippen molar-refractivity contribution < 1.29 is 19.4 Å². The Morgan fingerprint density at radius 3 is 2.64 bits per heavy atom. The van der Waals surface area contributed by atoms with Gasteiger partial charge in [-0.25, -0.2) is 4.79 Å². The summed E-state index contributed by atoms with van der Waals surface area (Å²) >= 11 is 0. The molecular formula is C23H25NO4. The van der Waals surface area contributed by atoms with Gasteiger partial charge in [-0.05, 0) is 43.0 Å². The van der Waals surface area contributed by atoms with Gasteiger partial charge in [0.1, 0.15) is 0 Å². The number of rotatable bonds is 5. The van der Waals surface area contributed by atoms with E-state index in [4.69, 9.17) is 4.74 Å². The SMILES string of the molecule is CCOC(=O)c1c(C=C2C(=O)C=Cc3ccccc32)c(O)n(CC(C)C)c1C. The number of ether oxygens (including phenoxy) is 1. The van der Waals surface area contributed by atoms with Gasteiger partial charge in [-0.15, -0.1) is 0 Å². The molecule has 2 aromatic rings. The largest absolute Gasteiger partial charge is 0.494 e. The predicted octanol–water partition coefficient (Wildman–Crippen LogP) is 4.47. The average Bonchev–Trinajstić information content (AvgIpc) is 2.88. The maximum Gasteiger partial charge on any atom is 0.340 e. The highest BCUT2D eigenvalue weighted by Crippen LogP contribution is 2.35. The van der Waals surface area contributed by atoms with Gasteiger partial charge in [-0.2, -0.15) is 0 Å². The van der Waals surface area contributed by atoms with Crippen molar-refractivity contribution in [3.63, 3.8) is 0 Å². The average molecular weight is 379 g/mol. The maximum absolute atomic E-state index is 12.6. The summed E-state index contributed by atoms with van der Waals surface area (Å²) in [4.78, 5) is 25.2. The van der Waals surface area contributed by atoms with Gasteiger partial charge < -0.3 is 14.4 Å². The van der Waals surface area contributed by atoms with E-state index in [9.17, 15) is 14.7 Å². The minimum atomic E-state index is -0.503. The molecule has 0 atom stereocenters. The van der Waals surface area contributed by atoms with Crippen LogP contribution in [0.5, 0.6) is 5.88 Å². The first-order chi connectivity index (χ1) is 13.3. The molecule has 0 aliphatic heterocycles. The number of hydrogen-bond donors (Lipinski definition) is 1. The number of allylic oxidation sites excluding steroid dienone is 2. The van der Waals surface area contributed by atoms with Gasteiger partial charge in [0.2, 0.25) is 0 Å². The molecule has 0 spiro atoms. The fourth-order valence-corrected chi connectivity index (χ4v) is 3.50. The normalized spacial score (nSPS) is 14.6. The molecule has 1 aromatic heterocycles. The van der Waals surface area contributed by atoms with Crippen molar-refractivity contribution in [1.82, 2.24) is 4.57 Å². The summed E-state index contributed by atoms with van der Waals surface area (Å²) in [6.07, 6.45) is 4.89. The van der Waals surface area contributed by atoms with Crippen molar-refractivity contribution in [2.45, 2.75) is 34.2 Å². The number of aromatic hydroxyl groups is 1. The highest BCUT2D eigenvalue weighted by molar-refractivity contribution is 6.33. The number of carbonyl (C=O) groups is 2. The van der Waals surface area contributed by atoms with Crippen molar-refractivity contribution >= 4 is 29.5 Å². The Morgan fingerprint density at radius 2 is 1.96 bits per heavy atom. The van der Waals surface area contributed by atoms with E-state index in [1.165, 1.54) is 6.08 Å².